The van der Waals surface area contributed by atoms with E-state index in [1.54, 1.807) is 6.07 Å². The number of benzene rings is 3. The summed E-state index contributed by atoms with van der Waals surface area (Å²) < 4.78 is 0. The zero-order valence-corrected chi connectivity index (χ0v) is 16.7. The Hall–Kier alpha value is -3.02. The van der Waals surface area contributed by atoms with E-state index in [2.05, 4.69) is 5.32 Å². The second kappa shape index (κ2) is 8.99. The number of aryl methyl sites for hydroxylation is 2. The number of nitrogens with one attached hydrogen (secondary N) is 1. The highest BCUT2D eigenvalue weighted by Gasteiger charge is 2.13. The van der Waals surface area contributed by atoms with Gasteiger partial charge in [-0.3, -0.25) is 0 Å². The Morgan fingerprint density at radius 1 is 0.759 bits per heavy atom. The highest BCUT2D eigenvalue weighted by Crippen LogP contribution is 2.25. The van der Waals surface area contributed by atoms with Gasteiger partial charge in [-0.1, -0.05) is 41.4 Å². The van der Waals surface area contributed by atoms with E-state index in [-0.39, 0.29) is 16.8 Å². The first-order valence-corrected chi connectivity index (χ1v) is 9.49. The molecule has 3 N–H and O–H groups in total. The molecule has 3 aromatic carbocycles. The van der Waals surface area contributed by atoms with Crippen LogP contribution in [0, 0.1) is 0 Å². The number of hydrogen-bond donors (Lipinski definition) is 3. The average Bonchev–Trinajstić information content (AvgIpc) is 2.69. The van der Waals surface area contributed by atoms with Gasteiger partial charge in [-0.05, 0) is 66.4 Å². The quantitative estimate of drug-likeness (QED) is 0.433. The number of halogens is 2. The molecule has 0 fully saturated rings. The predicted octanol–water partition coefficient (Wildman–Crippen LogP) is 5.92. The van der Waals surface area contributed by atoms with Gasteiger partial charge in [-0.2, -0.15) is 0 Å². The Bertz CT molecular complexity index is 1060. The van der Waals surface area contributed by atoms with E-state index in [1.165, 1.54) is 18.2 Å². The van der Waals surface area contributed by atoms with Gasteiger partial charge in [0.05, 0.1) is 26.9 Å². The van der Waals surface area contributed by atoms with Crippen LogP contribution in [-0.2, 0) is 12.8 Å². The SMILES string of the molecule is O=C(O)c1ccc(C(=O)O)c(Nc2ccc(CCc3ccc(Cl)c(Cl)c3)cc2)c1. The monoisotopic (exact) mass is 429 g/mol. The number of carbonyl (C=O) groups is 2. The van der Waals surface area contributed by atoms with E-state index in [0.29, 0.717) is 15.7 Å². The Morgan fingerprint density at radius 3 is 2.03 bits per heavy atom. The minimum atomic E-state index is -1.14. The Kier molecular flexibility index (Phi) is 6.42. The van der Waals surface area contributed by atoms with Gasteiger partial charge in [0.2, 0.25) is 0 Å². The van der Waals surface area contributed by atoms with E-state index in [1.807, 2.05) is 36.4 Å². The lowest BCUT2D eigenvalue weighted by molar-refractivity contribution is 0.0682. The molecule has 0 unspecified atom stereocenters. The lowest BCUT2D eigenvalue weighted by atomic mass is 10.0. The van der Waals surface area contributed by atoms with Crippen molar-refractivity contribution >= 4 is 46.5 Å². The molecular weight excluding hydrogens is 413 g/mol. The third-order valence-corrected chi connectivity index (χ3v) is 5.16. The first kappa shape index (κ1) is 20.7. The summed E-state index contributed by atoms with van der Waals surface area (Å²) in [7, 11) is 0. The molecule has 3 aromatic rings. The van der Waals surface area contributed by atoms with Gasteiger partial charge in [0, 0.05) is 5.69 Å². The minimum absolute atomic E-state index is 0.00121. The molecule has 29 heavy (non-hydrogen) atoms. The number of carboxylic acids is 2. The maximum Gasteiger partial charge on any atom is 0.337 e. The van der Waals surface area contributed by atoms with Crippen molar-refractivity contribution in [3.63, 3.8) is 0 Å². The van der Waals surface area contributed by atoms with Crippen molar-refractivity contribution in [2.45, 2.75) is 12.8 Å². The zero-order valence-electron chi connectivity index (χ0n) is 15.2. The fraction of sp³-hybridized carbons (Fsp3) is 0.0909. The summed E-state index contributed by atoms with van der Waals surface area (Å²) in [5.74, 6) is -2.26. The van der Waals surface area contributed by atoms with Crippen molar-refractivity contribution in [3.8, 4) is 0 Å². The largest absolute Gasteiger partial charge is 0.478 e. The third-order valence-electron chi connectivity index (χ3n) is 4.42. The zero-order chi connectivity index (χ0) is 21.0. The minimum Gasteiger partial charge on any atom is -0.478 e. The predicted molar refractivity (Wildman–Crippen MR) is 114 cm³/mol. The molecule has 0 heterocycles. The van der Waals surface area contributed by atoms with Crippen LogP contribution < -0.4 is 5.32 Å². The first-order chi connectivity index (χ1) is 13.8. The van der Waals surface area contributed by atoms with Crippen molar-refractivity contribution in [1.29, 1.82) is 0 Å². The van der Waals surface area contributed by atoms with Crippen LogP contribution in [0.4, 0.5) is 11.4 Å². The van der Waals surface area contributed by atoms with Crippen molar-refractivity contribution in [1.82, 2.24) is 0 Å². The van der Waals surface area contributed by atoms with Gasteiger partial charge >= 0.3 is 11.9 Å². The van der Waals surface area contributed by atoms with Crippen LogP contribution >= 0.6 is 23.2 Å². The fourth-order valence-electron chi connectivity index (χ4n) is 2.86. The standard InChI is InChI=1S/C22H17Cl2NO4/c23-18-10-5-14(11-19(18)24)2-1-13-3-7-16(8-4-13)25-20-12-15(21(26)27)6-9-17(20)22(28)29/h3-12,25H,1-2H2,(H,26,27)(H,28,29). The molecule has 0 amide bonds. The van der Waals surface area contributed by atoms with Gasteiger partial charge < -0.3 is 15.5 Å². The highest BCUT2D eigenvalue weighted by atomic mass is 35.5. The molecule has 0 bridgehead atoms. The van der Waals surface area contributed by atoms with Gasteiger partial charge in [-0.25, -0.2) is 9.59 Å². The summed E-state index contributed by atoms with van der Waals surface area (Å²) >= 11 is 12.0. The fourth-order valence-corrected chi connectivity index (χ4v) is 3.18. The normalized spacial score (nSPS) is 10.6. The second-order valence-electron chi connectivity index (χ2n) is 6.44. The molecule has 148 valence electrons. The van der Waals surface area contributed by atoms with Crippen LogP contribution in [0.15, 0.2) is 60.7 Å². The van der Waals surface area contributed by atoms with Crippen LogP contribution in [0.1, 0.15) is 31.8 Å². The number of carboxylic acid groups (broad SMARTS) is 2. The summed E-state index contributed by atoms with van der Waals surface area (Å²) in [5.41, 5.74) is 3.07. The van der Waals surface area contributed by atoms with E-state index in [4.69, 9.17) is 28.3 Å². The first-order valence-electron chi connectivity index (χ1n) is 8.74. The average molecular weight is 430 g/mol. The van der Waals surface area contributed by atoms with Crippen molar-refractivity contribution < 1.29 is 19.8 Å². The third kappa shape index (κ3) is 5.28. The van der Waals surface area contributed by atoms with E-state index in [9.17, 15) is 14.7 Å². The Labute approximate surface area is 177 Å². The number of aromatic carboxylic acids is 2. The molecule has 0 aliphatic carbocycles. The molecule has 0 radical (unpaired) electrons. The Balaban J connectivity index is 1.72. The number of rotatable bonds is 7. The molecule has 0 saturated heterocycles. The maximum absolute atomic E-state index is 11.4. The highest BCUT2D eigenvalue weighted by molar-refractivity contribution is 6.42. The Morgan fingerprint density at radius 2 is 1.41 bits per heavy atom. The number of hydrogen-bond acceptors (Lipinski definition) is 3. The van der Waals surface area contributed by atoms with Crippen molar-refractivity contribution in [3.05, 3.63) is 93.0 Å². The molecule has 0 atom stereocenters. The molecule has 3 rings (SSSR count). The molecule has 7 heteroatoms. The second-order valence-corrected chi connectivity index (χ2v) is 7.26. The van der Waals surface area contributed by atoms with E-state index in [0.717, 1.165) is 24.0 Å². The summed E-state index contributed by atoms with van der Waals surface area (Å²) in [4.78, 5) is 22.6. The topological polar surface area (TPSA) is 86.6 Å². The van der Waals surface area contributed by atoms with Crippen LogP contribution in [0.3, 0.4) is 0 Å². The van der Waals surface area contributed by atoms with Gasteiger partial charge in [0.15, 0.2) is 0 Å². The molecule has 0 saturated carbocycles. The van der Waals surface area contributed by atoms with Gasteiger partial charge in [-0.15, -0.1) is 0 Å². The molecule has 0 aromatic heterocycles. The lowest BCUT2D eigenvalue weighted by Gasteiger charge is -2.11. The summed E-state index contributed by atoms with van der Waals surface area (Å²) in [6, 6.07) is 16.9. The van der Waals surface area contributed by atoms with Crippen molar-refractivity contribution in [2.24, 2.45) is 0 Å². The van der Waals surface area contributed by atoms with E-state index < -0.39 is 11.9 Å². The number of anilines is 2. The molecule has 0 aliphatic heterocycles. The van der Waals surface area contributed by atoms with Crippen LogP contribution in [-0.4, -0.2) is 22.2 Å². The molecular formula is C22H17Cl2NO4. The molecule has 0 spiro atoms. The summed E-state index contributed by atoms with van der Waals surface area (Å²) in [6.07, 6.45) is 1.60. The van der Waals surface area contributed by atoms with Gasteiger partial charge in [0.1, 0.15) is 0 Å². The molecule has 5 nitrogen and oxygen atoms in total. The van der Waals surface area contributed by atoms with Crippen LogP contribution in [0.5, 0.6) is 0 Å². The van der Waals surface area contributed by atoms with Crippen LogP contribution in [0.2, 0.25) is 10.0 Å². The summed E-state index contributed by atoms with van der Waals surface area (Å²) in [6.45, 7) is 0. The molecule has 0 aliphatic rings. The maximum atomic E-state index is 11.4. The summed E-state index contributed by atoms with van der Waals surface area (Å²) in [5, 5.41) is 22.5. The lowest BCUT2D eigenvalue weighted by Crippen LogP contribution is -2.05. The smallest absolute Gasteiger partial charge is 0.337 e. The van der Waals surface area contributed by atoms with Crippen LogP contribution in [0.25, 0.3) is 0 Å². The van der Waals surface area contributed by atoms with Gasteiger partial charge in [0.25, 0.3) is 0 Å². The van der Waals surface area contributed by atoms with Crippen molar-refractivity contribution in [2.75, 3.05) is 5.32 Å². The van der Waals surface area contributed by atoms with E-state index >= 15 is 0 Å².